The van der Waals surface area contributed by atoms with E-state index in [1.165, 1.54) is 6.33 Å². The normalized spacial score (nSPS) is 11.7. The van der Waals surface area contributed by atoms with Crippen molar-refractivity contribution in [3.05, 3.63) is 108 Å². The number of hydrogen-bond acceptors (Lipinski definition) is 4. The highest BCUT2D eigenvalue weighted by atomic mass is 16.5. The maximum absolute atomic E-state index is 13.1. The molecular weight excluding hydrogens is 388 g/mol. The first-order valence-electron chi connectivity index (χ1n) is 10.1. The minimum Gasteiger partial charge on any atom is -0.489 e. The van der Waals surface area contributed by atoms with Crippen LogP contribution < -0.4 is 4.74 Å². The minimum absolute atomic E-state index is 0.0574. The summed E-state index contributed by atoms with van der Waals surface area (Å²) in [6.07, 6.45) is 3.15. The van der Waals surface area contributed by atoms with Crippen LogP contribution in [0, 0.1) is 0 Å². The van der Waals surface area contributed by atoms with E-state index in [2.05, 4.69) is 10.1 Å². The summed E-state index contributed by atoms with van der Waals surface area (Å²) >= 11 is 0. The third-order valence-electron chi connectivity index (χ3n) is 5.29. The lowest BCUT2D eigenvalue weighted by Crippen LogP contribution is -2.29. The Morgan fingerprint density at radius 1 is 1.03 bits per heavy atom. The Morgan fingerprint density at radius 3 is 2.52 bits per heavy atom. The van der Waals surface area contributed by atoms with Crippen LogP contribution in [0.4, 0.5) is 0 Å². The highest BCUT2D eigenvalue weighted by Gasteiger charge is 2.19. The number of rotatable bonds is 7. The average molecular weight is 412 g/mol. The fourth-order valence-corrected chi connectivity index (χ4v) is 3.31. The van der Waals surface area contributed by atoms with E-state index in [4.69, 9.17) is 4.74 Å². The van der Waals surface area contributed by atoms with Crippen molar-refractivity contribution in [2.75, 3.05) is 7.05 Å². The van der Waals surface area contributed by atoms with Gasteiger partial charge in [0, 0.05) is 12.6 Å². The smallest absolute Gasteiger partial charge is 0.254 e. The molecule has 0 fully saturated rings. The summed E-state index contributed by atoms with van der Waals surface area (Å²) in [5.41, 5.74) is 3.64. The first-order valence-corrected chi connectivity index (χ1v) is 10.1. The first-order chi connectivity index (χ1) is 15.1. The molecule has 1 heterocycles. The van der Waals surface area contributed by atoms with Crippen LogP contribution in [0.1, 0.15) is 34.5 Å². The summed E-state index contributed by atoms with van der Waals surface area (Å²) in [6, 6.07) is 25.1. The van der Waals surface area contributed by atoms with Crippen LogP contribution >= 0.6 is 0 Å². The maximum Gasteiger partial charge on any atom is 0.254 e. The standard InChI is InChI=1S/C25H24N4O2/c1-19(21-11-13-23(14-12-21)29-18-26-17-27-29)28(2)25(30)22-9-6-10-24(15-22)31-16-20-7-4-3-5-8-20/h3-15,17-19H,16H2,1-2H3/t19-/m0/s1. The molecule has 6 heteroatoms. The molecule has 3 aromatic carbocycles. The number of hydrogen-bond donors (Lipinski definition) is 0. The van der Waals surface area contributed by atoms with Crippen molar-refractivity contribution in [2.24, 2.45) is 0 Å². The van der Waals surface area contributed by atoms with Crippen molar-refractivity contribution in [1.29, 1.82) is 0 Å². The quantitative estimate of drug-likeness (QED) is 0.442. The molecule has 0 saturated heterocycles. The van der Waals surface area contributed by atoms with Gasteiger partial charge < -0.3 is 9.64 Å². The van der Waals surface area contributed by atoms with Crippen molar-refractivity contribution in [3.63, 3.8) is 0 Å². The summed E-state index contributed by atoms with van der Waals surface area (Å²) in [5, 5.41) is 4.14. The number of aromatic nitrogens is 3. The van der Waals surface area contributed by atoms with Gasteiger partial charge in [-0.05, 0) is 48.4 Å². The molecule has 1 atom stereocenters. The van der Waals surface area contributed by atoms with Gasteiger partial charge >= 0.3 is 0 Å². The van der Waals surface area contributed by atoms with Crippen LogP contribution in [0.5, 0.6) is 5.75 Å². The molecular formula is C25H24N4O2. The Morgan fingerprint density at radius 2 is 1.81 bits per heavy atom. The number of ether oxygens (including phenoxy) is 1. The Hall–Kier alpha value is -3.93. The van der Waals surface area contributed by atoms with Crippen molar-refractivity contribution < 1.29 is 9.53 Å². The summed E-state index contributed by atoms with van der Waals surface area (Å²) in [4.78, 5) is 18.8. The lowest BCUT2D eigenvalue weighted by atomic mass is 10.1. The second kappa shape index (κ2) is 9.26. The van der Waals surface area contributed by atoms with Gasteiger partial charge in [-0.2, -0.15) is 5.10 Å². The molecule has 4 rings (SSSR count). The minimum atomic E-state index is -0.0915. The molecule has 156 valence electrons. The third-order valence-corrected chi connectivity index (χ3v) is 5.29. The van der Waals surface area contributed by atoms with Gasteiger partial charge in [0.25, 0.3) is 5.91 Å². The molecule has 31 heavy (non-hydrogen) atoms. The summed E-state index contributed by atoms with van der Waals surface area (Å²) in [5.74, 6) is 0.617. The van der Waals surface area contributed by atoms with E-state index in [-0.39, 0.29) is 11.9 Å². The fourth-order valence-electron chi connectivity index (χ4n) is 3.31. The second-order valence-corrected chi connectivity index (χ2v) is 7.33. The molecule has 0 radical (unpaired) electrons. The molecule has 0 aliphatic rings. The summed E-state index contributed by atoms with van der Waals surface area (Å²) < 4.78 is 7.57. The van der Waals surface area contributed by atoms with Crippen LogP contribution in [0.15, 0.2) is 91.5 Å². The molecule has 0 N–H and O–H groups in total. The molecule has 6 nitrogen and oxygen atoms in total. The van der Waals surface area contributed by atoms with E-state index in [1.807, 2.05) is 86.8 Å². The predicted molar refractivity (Wildman–Crippen MR) is 119 cm³/mol. The molecule has 0 aliphatic carbocycles. The van der Waals surface area contributed by atoms with Crippen LogP contribution in [0.2, 0.25) is 0 Å². The van der Waals surface area contributed by atoms with Gasteiger partial charge in [-0.15, -0.1) is 0 Å². The van der Waals surface area contributed by atoms with Crippen LogP contribution in [0.25, 0.3) is 5.69 Å². The van der Waals surface area contributed by atoms with Gasteiger partial charge in [0.15, 0.2) is 0 Å². The van der Waals surface area contributed by atoms with Crippen molar-refractivity contribution in [1.82, 2.24) is 19.7 Å². The molecule has 0 spiro atoms. The number of nitrogens with zero attached hydrogens (tertiary/aromatic N) is 4. The summed E-state index contributed by atoms with van der Waals surface area (Å²) in [6.45, 7) is 2.47. The second-order valence-electron chi connectivity index (χ2n) is 7.33. The van der Waals surface area contributed by atoms with Crippen molar-refractivity contribution >= 4 is 5.91 Å². The third kappa shape index (κ3) is 4.80. The van der Waals surface area contributed by atoms with E-state index in [0.29, 0.717) is 17.9 Å². The first kappa shape index (κ1) is 20.3. The fraction of sp³-hybridized carbons (Fsp3) is 0.160. The number of carbonyl (C=O) groups is 1. The van der Waals surface area contributed by atoms with Crippen LogP contribution in [-0.2, 0) is 6.61 Å². The summed E-state index contributed by atoms with van der Waals surface area (Å²) in [7, 11) is 1.82. The molecule has 0 saturated carbocycles. The maximum atomic E-state index is 13.1. The predicted octanol–water partition coefficient (Wildman–Crippen LogP) is 4.68. The van der Waals surface area contributed by atoms with Crippen LogP contribution in [0.3, 0.4) is 0 Å². The topological polar surface area (TPSA) is 60.2 Å². The lowest BCUT2D eigenvalue weighted by Gasteiger charge is -2.26. The van der Waals surface area contributed by atoms with E-state index in [0.717, 1.165) is 16.8 Å². The van der Waals surface area contributed by atoms with Gasteiger partial charge in [0.05, 0.1) is 11.7 Å². The number of amides is 1. The Balaban J connectivity index is 1.43. The highest BCUT2D eigenvalue weighted by molar-refractivity contribution is 5.94. The van der Waals surface area contributed by atoms with Gasteiger partial charge in [-0.3, -0.25) is 4.79 Å². The van der Waals surface area contributed by atoms with Gasteiger partial charge in [-0.25, -0.2) is 9.67 Å². The monoisotopic (exact) mass is 412 g/mol. The SMILES string of the molecule is C[C@@H](c1ccc(-n2cncn2)cc1)N(C)C(=O)c1cccc(OCc2ccccc2)c1. The van der Waals surface area contributed by atoms with E-state index < -0.39 is 0 Å². The molecule has 0 aliphatic heterocycles. The van der Waals surface area contributed by atoms with E-state index in [9.17, 15) is 4.79 Å². The van der Waals surface area contributed by atoms with Crippen LogP contribution in [-0.4, -0.2) is 32.6 Å². The zero-order valence-electron chi connectivity index (χ0n) is 17.6. The molecule has 1 aromatic heterocycles. The van der Waals surface area contributed by atoms with Gasteiger partial charge in [0.1, 0.15) is 25.0 Å². The number of benzene rings is 3. The largest absolute Gasteiger partial charge is 0.489 e. The van der Waals surface area contributed by atoms with Gasteiger partial charge in [-0.1, -0.05) is 48.5 Å². The Labute approximate surface area is 181 Å². The molecule has 4 aromatic rings. The Bertz CT molecular complexity index is 1130. The zero-order chi connectivity index (χ0) is 21.6. The van der Waals surface area contributed by atoms with E-state index in [1.54, 1.807) is 22.0 Å². The highest BCUT2D eigenvalue weighted by Crippen LogP contribution is 2.23. The number of carbonyl (C=O) groups excluding carboxylic acids is 1. The zero-order valence-corrected chi connectivity index (χ0v) is 17.6. The molecule has 0 unspecified atom stereocenters. The van der Waals surface area contributed by atoms with E-state index >= 15 is 0 Å². The average Bonchev–Trinajstić information content (AvgIpc) is 3.37. The van der Waals surface area contributed by atoms with Gasteiger partial charge in [0.2, 0.25) is 0 Å². The van der Waals surface area contributed by atoms with Crippen molar-refractivity contribution in [3.8, 4) is 11.4 Å². The lowest BCUT2D eigenvalue weighted by molar-refractivity contribution is 0.0742. The molecule has 0 bridgehead atoms. The Kier molecular flexibility index (Phi) is 6.08. The van der Waals surface area contributed by atoms with Crippen molar-refractivity contribution in [2.45, 2.75) is 19.6 Å². The molecule has 1 amide bonds.